The number of hydrogen-bond acceptors (Lipinski definition) is 4. The van der Waals surface area contributed by atoms with Crippen LogP contribution in [0.25, 0.3) is 6.08 Å². The van der Waals surface area contributed by atoms with E-state index in [-0.39, 0.29) is 24.9 Å². The van der Waals surface area contributed by atoms with Crippen molar-refractivity contribution >= 4 is 22.0 Å². The summed E-state index contributed by atoms with van der Waals surface area (Å²) in [7, 11) is -3.59. The third-order valence-electron chi connectivity index (χ3n) is 5.03. The summed E-state index contributed by atoms with van der Waals surface area (Å²) in [6.07, 6.45) is 3.51. The highest BCUT2D eigenvalue weighted by Gasteiger charge is 2.29. The molecule has 7 heteroatoms. The van der Waals surface area contributed by atoms with Gasteiger partial charge >= 0.3 is 0 Å². The molecule has 1 unspecified atom stereocenters. The van der Waals surface area contributed by atoms with Gasteiger partial charge in [0, 0.05) is 24.9 Å². The summed E-state index contributed by atoms with van der Waals surface area (Å²) >= 11 is 0. The van der Waals surface area contributed by atoms with Crippen molar-refractivity contribution in [3.8, 4) is 5.75 Å². The normalized spacial score (nSPS) is 16.8. The SMILES string of the molecule is CCOc1ccc(C2CCCN2C(=O)CCNS(=O)(=O)/C=C/c2ccccc2)cc1. The van der Waals surface area contributed by atoms with Crippen molar-refractivity contribution in [3.05, 3.63) is 71.1 Å². The van der Waals surface area contributed by atoms with Gasteiger partial charge in [0.25, 0.3) is 0 Å². The van der Waals surface area contributed by atoms with Gasteiger partial charge in [0.15, 0.2) is 0 Å². The second kappa shape index (κ2) is 10.4. The molecule has 1 saturated heterocycles. The quantitative estimate of drug-likeness (QED) is 0.660. The van der Waals surface area contributed by atoms with E-state index in [0.29, 0.717) is 13.2 Å². The van der Waals surface area contributed by atoms with Crippen molar-refractivity contribution in [2.45, 2.75) is 32.2 Å². The third kappa shape index (κ3) is 6.18. The fourth-order valence-electron chi connectivity index (χ4n) is 3.59. The Kier molecular flexibility index (Phi) is 7.65. The molecule has 0 aromatic heterocycles. The summed E-state index contributed by atoms with van der Waals surface area (Å²) in [6.45, 7) is 3.32. The second-order valence-corrected chi connectivity index (χ2v) is 8.80. The van der Waals surface area contributed by atoms with E-state index in [0.717, 1.165) is 35.1 Å². The molecule has 2 aromatic carbocycles. The Morgan fingerprint density at radius 2 is 1.90 bits per heavy atom. The maximum Gasteiger partial charge on any atom is 0.233 e. The van der Waals surface area contributed by atoms with Crippen LogP contribution in [-0.2, 0) is 14.8 Å². The Labute approximate surface area is 178 Å². The minimum absolute atomic E-state index is 0.0303. The van der Waals surface area contributed by atoms with E-state index >= 15 is 0 Å². The third-order valence-corrected chi connectivity index (χ3v) is 6.13. The first kappa shape index (κ1) is 22.1. The Morgan fingerprint density at radius 1 is 1.17 bits per heavy atom. The van der Waals surface area contributed by atoms with Crippen LogP contribution in [0.15, 0.2) is 60.0 Å². The first-order valence-corrected chi connectivity index (χ1v) is 11.8. The Bertz CT molecular complexity index is 956. The molecule has 1 fully saturated rings. The summed E-state index contributed by atoms with van der Waals surface area (Å²) in [4.78, 5) is 14.6. The predicted octanol–water partition coefficient (Wildman–Crippen LogP) is 3.73. The number of nitrogens with zero attached hydrogens (tertiary/aromatic N) is 1. The van der Waals surface area contributed by atoms with Gasteiger partial charge in [0.1, 0.15) is 5.75 Å². The van der Waals surface area contributed by atoms with Crippen LogP contribution in [0.3, 0.4) is 0 Å². The molecule has 1 heterocycles. The molecule has 160 valence electrons. The minimum Gasteiger partial charge on any atom is -0.494 e. The average molecular weight is 429 g/mol. The molecule has 0 saturated carbocycles. The van der Waals surface area contributed by atoms with Crippen LogP contribution < -0.4 is 9.46 Å². The van der Waals surface area contributed by atoms with Crippen LogP contribution in [0.4, 0.5) is 0 Å². The summed E-state index contributed by atoms with van der Waals surface area (Å²) < 4.78 is 32.2. The van der Waals surface area contributed by atoms with E-state index in [1.54, 1.807) is 0 Å². The molecule has 2 aromatic rings. The van der Waals surface area contributed by atoms with E-state index in [1.165, 1.54) is 6.08 Å². The zero-order chi connectivity index (χ0) is 21.4. The molecular formula is C23H28N2O4S. The van der Waals surface area contributed by atoms with E-state index in [1.807, 2.05) is 66.4 Å². The van der Waals surface area contributed by atoms with Gasteiger partial charge in [-0.25, -0.2) is 13.1 Å². The van der Waals surface area contributed by atoms with Crippen molar-refractivity contribution in [2.75, 3.05) is 19.7 Å². The van der Waals surface area contributed by atoms with Gasteiger partial charge in [-0.15, -0.1) is 0 Å². The lowest BCUT2D eigenvalue weighted by Gasteiger charge is -2.25. The fourth-order valence-corrected chi connectivity index (χ4v) is 4.41. The van der Waals surface area contributed by atoms with Crippen molar-refractivity contribution < 1.29 is 17.9 Å². The van der Waals surface area contributed by atoms with Gasteiger partial charge in [-0.3, -0.25) is 4.79 Å². The number of sulfonamides is 1. The number of amides is 1. The molecule has 3 rings (SSSR count). The van der Waals surface area contributed by atoms with Crippen molar-refractivity contribution in [1.29, 1.82) is 0 Å². The zero-order valence-electron chi connectivity index (χ0n) is 17.2. The summed E-state index contributed by atoms with van der Waals surface area (Å²) in [5, 5.41) is 1.13. The first-order valence-electron chi connectivity index (χ1n) is 10.2. The van der Waals surface area contributed by atoms with Gasteiger partial charge in [0.05, 0.1) is 12.6 Å². The number of ether oxygens (including phenoxy) is 1. The summed E-state index contributed by atoms with van der Waals surface area (Å²) in [5.41, 5.74) is 1.88. The molecule has 0 spiro atoms. The van der Waals surface area contributed by atoms with Gasteiger partial charge < -0.3 is 9.64 Å². The smallest absolute Gasteiger partial charge is 0.233 e. The molecule has 1 aliphatic heterocycles. The van der Waals surface area contributed by atoms with Crippen LogP contribution in [-0.4, -0.2) is 38.9 Å². The Morgan fingerprint density at radius 3 is 2.60 bits per heavy atom. The molecule has 30 heavy (non-hydrogen) atoms. The standard InChI is InChI=1S/C23H28N2O4S/c1-2-29-21-12-10-20(11-13-21)22-9-6-17-25(22)23(26)14-16-24-30(27,28)18-15-19-7-4-3-5-8-19/h3-5,7-8,10-13,15,18,22,24H,2,6,9,14,16-17H2,1H3/b18-15+. The van der Waals surface area contributed by atoms with Crippen LogP contribution in [0.1, 0.15) is 43.4 Å². The predicted molar refractivity (Wildman–Crippen MR) is 118 cm³/mol. The minimum atomic E-state index is -3.59. The molecule has 1 amide bonds. The lowest BCUT2D eigenvalue weighted by atomic mass is 10.0. The van der Waals surface area contributed by atoms with Crippen molar-refractivity contribution in [1.82, 2.24) is 9.62 Å². The van der Waals surface area contributed by atoms with Crippen LogP contribution >= 0.6 is 0 Å². The number of likely N-dealkylation sites (tertiary alicyclic amines) is 1. The molecule has 0 radical (unpaired) electrons. The molecule has 0 bridgehead atoms. The topological polar surface area (TPSA) is 75.7 Å². The summed E-state index contributed by atoms with van der Waals surface area (Å²) in [5.74, 6) is 0.774. The van der Waals surface area contributed by atoms with Crippen LogP contribution in [0.2, 0.25) is 0 Å². The number of carbonyl (C=O) groups excluding carboxylic acids is 1. The molecule has 1 aliphatic rings. The van der Waals surface area contributed by atoms with Gasteiger partial charge in [-0.05, 0) is 49.1 Å². The van der Waals surface area contributed by atoms with E-state index in [9.17, 15) is 13.2 Å². The number of carbonyl (C=O) groups is 1. The fraction of sp³-hybridized carbons (Fsp3) is 0.348. The average Bonchev–Trinajstić information content (AvgIpc) is 3.24. The molecule has 1 N–H and O–H groups in total. The maximum absolute atomic E-state index is 12.7. The molecule has 6 nitrogen and oxygen atoms in total. The van der Waals surface area contributed by atoms with Crippen molar-refractivity contribution in [3.63, 3.8) is 0 Å². The highest BCUT2D eigenvalue weighted by molar-refractivity contribution is 7.92. The number of nitrogens with one attached hydrogen (secondary N) is 1. The summed E-state index contributed by atoms with van der Waals surface area (Å²) in [6, 6.07) is 17.1. The Balaban J connectivity index is 1.53. The maximum atomic E-state index is 12.7. The highest BCUT2D eigenvalue weighted by atomic mass is 32.2. The number of hydrogen-bond donors (Lipinski definition) is 1. The van der Waals surface area contributed by atoms with Gasteiger partial charge in [-0.1, -0.05) is 42.5 Å². The highest BCUT2D eigenvalue weighted by Crippen LogP contribution is 2.33. The molecular weight excluding hydrogens is 400 g/mol. The number of rotatable bonds is 9. The Hall–Kier alpha value is -2.64. The monoisotopic (exact) mass is 428 g/mol. The molecule has 0 aliphatic carbocycles. The zero-order valence-corrected chi connectivity index (χ0v) is 18.0. The lowest BCUT2D eigenvalue weighted by Crippen LogP contribution is -2.33. The van der Waals surface area contributed by atoms with Gasteiger partial charge in [-0.2, -0.15) is 0 Å². The van der Waals surface area contributed by atoms with E-state index in [4.69, 9.17) is 4.74 Å². The van der Waals surface area contributed by atoms with Crippen molar-refractivity contribution in [2.24, 2.45) is 0 Å². The van der Waals surface area contributed by atoms with Crippen LogP contribution in [0, 0.1) is 0 Å². The van der Waals surface area contributed by atoms with E-state index < -0.39 is 10.0 Å². The van der Waals surface area contributed by atoms with Crippen LogP contribution in [0.5, 0.6) is 5.75 Å². The largest absolute Gasteiger partial charge is 0.494 e. The van der Waals surface area contributed by atoms with E-state index in [2.05, 4.69) is 4.72 Å². The van der Waals surface area contributed by atoms with Gasteiger partial charge in [0.2, 0.25) is 15.9 Å². The first-order chi connectivity index (χ1) is 14.5. The lowest BCUT2D eigenvalue weighted by molar-refractivity contribution is -0.131. The second-order valence-electron chi connectivity index (χ2n) is 7.15. The number of benzene rings is 2. The molecule has 1 atom stereocenters.